The second-order valence-corrected chi connectivity index (χ2v) is 4.01. The summed E-state index contributed by atoms with van der Waals surface area (Å²) < 4.78 is 0. The topological polar surface area (TPSA) is 58.9 Å². The third-order valence-corrected chi connectivity index (χ3v) is 2.88. The Kier molecular flexibility index (Phi) is 8.85. The van der Waals surface area contributed by atoms with E-state index in [1.165, 1.54) is 6.08 Å². The number of isocyanates is 2. The molecular weight excluding hydrogens is 216 g/mol. The Bertz CT molecular complexity index is 326. The van der Waals surface area contributed by atoms with Crippen LogP contribution in [0.15, 0.2) is 22.1 Å². The number of carbonyl (C=O) groups excluding carboxylic acids is 2. The summed E-state index contributed by atoms with van der Waals surface area (Å²) in [6.45, 7) is 5.07. The fraction of sp³-hybridized carbons (Fsp3) is 0.692. The van der Waals surface area contributed by atoms with Gasteiger partial charge in [-0.3, -0.25) is 0 Å². The molecule has 0 saturated carbocycles. The Morgan fingerprint density at radius 2 is 1.88 bits per heavy atom. The first-order valence-corrected chi connectivity index (χ1v) is 5.99. The third-order valence-electron chi connectivity index (χ3n) is 2.88. The van der Waals surface area contributed by atoms with E-state index in [4.69, 9.17) is 0 Å². The molecule has 0 aromatic carbocycles. The van der Waals surface area contributed by atoms with Gasteiger partial charge in [-0.05, 0) is 25.7 Å². The fourth-order valence-electron chi connectivity index (χ4n) is 1.73. The largest absolute Gasteiger partial charge is 0.234 e. The Morgan fingerprint density at radius 3 is 2.41 bits per heavy atom. The minimum Gasteiger partial charge on any atom is -0.211 e. The number of hydrogen-bond donors (Lipinski definition) is 0. The number of allylic oxidation sites excluding steroid dienone is 1. The van der Waals surface area contributed by atoms with Crippen molar-refractivity contribution in [2.45, 2.75) is 39.5 Å². The average molecular weight is 236 g/mol. The smallest absolute Gasteiger partial charge is 0.211 e. The molecule has 0 amide bonds. The first kappa shape index (κ1) is 15.5. The van der Waals surface area contributed by atoms with E-state index in [0.29, 0.717) is 13.1 Å². The van der Waals surface area contributed by atoms with E-state index >= 15 is 0 Å². The van der Waals surface area contributed by atoms with E-state index in [1.807, 2.05) is 0 Å². The van der Waals surface area contributed by atoms with E-state index in [1.54, 1.807) is 6.08 Å². The number of aliphatic imine (C=N–C) groups is 2. The van der Waals surface area contributed by atoms with Gasteiger partial charge in [0.15, 0.2) is 0 Å². The summed E-state index contributed by atoms with van der Waals surface area (Å²) >= 11 is 0. The van der Waals surface area contributed by atoms with E-state index in [0.717, 1.165) is 25.7 Å². The standard InChI is InChI=1S/C13H20N2O2/c1-3-5-7-13(4-2,10-15-12-17)8-6-9-14-11-16/h5,7H,3-4,6,8-10H2,1-2H3/b7-5+. The van der Waals surface area contributed by atoms with Crippen LogP contribution in [0, 0.1) is 5.41 Å². The molecular formula is C13H20N2O2. The summed E-state index contributed by atoms with van der Waals surface area (Å²) in [4.78, 5) is 27.4. The maximum absolute atomic E-state index is 10.2. The summed E-state index contributed by atoms with van der Waals surface area (Å²) in [5, 5.41) is 0. The Balaban J connectivity index is 4.58. The molecule has 0 aromatic heterocycles. The lowest BCUT2D eigenvalue weighted by Gasteiger charge is -2.26. The molecule has 0 N–H and O–H groups in total. The van der Waals surface area contributed by atoms with Crippen LogP contribution in [0.4, 0.5) is 0 Å². The zero-order valence-electron chi connectivity index (χ0n) is 10.6. The van der Waals surface area contributed by atoms with Crippen LogP contribution in [0.3, 0.4) is 0 Å². The average Bonchev–Trinajstić information content (AvgIpc) is 2.37. The highest BCUT2D eigenvalue weighted by molar-refractivity contribution is 5.33. The molecule has 0 radical (unpaired) electrons. The molecule has 0 spiro atoms. The van der Waals surface area contributed by atoms with Gasteiger partial charge in [-0.15, -0.1) is 0 Å². The van der Waals surface area contributed by atoms with Gasteiger partial charge in [0.05, 0.1) is 13.1 Å². The zero-order chi connectivity index (χ0) is 13.0. The third kappa shape index (κ3) is 6.62. The second kappa shape index (κ2) is 9.71. The summed E-state index contributed by atoms with van der Waals surface area (Å²) in [6.07, 6.45) is 10.8. The first-order valence-electron chi connectivity index (χ1n) is 5.99. The van der Waals surface area contributed by atoms with Gasteiger partial charge in [0.25, 0.3) is 0 Å². The predicted octanol–water partition coefficient (Wildman–Crippen LogP) is 2.80. The van der Waals surface area contributed by atoms with Gasteiger partial charge in [-0.25, -0.2) is 19.6 Å². The summed E-state index contributed by atoms with van der Waals surface area (Å²) in [6, 6.07) is 0. The molecule has 0 bridgehead atoms. The maximum Gasteiger partial charge on any atom is 0.234 e. The van der Waals surface area contributed by atoms with Crippen LogP contribution >= 0.6 is 0 Å². The van der Waals surface area contributed by atoms with Crippen LogP contribution in [0.2, 0.25) is 0 Å². The molecule has 1 atom stereocenters. The molecule has 0 fully saturated rings. The quantitative estimate of drug-likeness (QED) is 0.267. The minimum absolute atomic E-state index is 0.105. The van der Waals surface area contributed by atoms with Crippen molar-refractivity contribution in [3.8, 4) is 0 Å². The predicted molar refractivity (Wildman–Crippen MR) is 67.4 cm³/mol. The molecule has 0 aliphatic heterocycles. The molecule has 0 aliphatic carbocycles. The molecule has 0 aromatic rings. The van der Waals surface area contributed by atoms with Gasteiger partial charge in [-0.1, -0.05) is 26.0 Å². The molecule has 1 unspecified atom stereocenters. The van der Waals surface area contributed by atoms with Crippen LogP contribution in [-0.4, -0.2) is 25.2 Å². The summed E-state index contributed by atoms with van der Waals surface area (Å²) in [7, 11) is 0. The van der Waals surface area contributed by atoms with Crippen molar-refractivity contribution in [1.29, 1.82) is 0 Å². The molecule has 0 heterocycles. The molecule has 4 heteroatoms. The monoisotopic (exact) mass is 236 g/mol. The minimum atomic E-state index is -0.105. The summed E-state index contributed by atoms with van der Waals surface area (Å²) in [5.74, 6) is 0. The Hall–Kier alpha value is -1.50. The van der Waals surface area contributed by atoms with Crippen molar-refractivity contribution in [2.24, 2.45) is 15.4 Å². The van der Waals surface area contributed by atoms with Gasteiger partial charge >= 0.3 is 0 Å². The molecule has 17 heavy (non-hydrogen) atoms. The molecule has 0 aliphatic rings. The highest BCUT2D eigenvalue weighted by Gasteiger charge is 2.24. The van der Waals surface area contributed by atoms with Crippen LogP contribution < -0.4 is 0 Å². The van der Waals surface area contributed by atoms with Gasteiger partial charge in [0.1, 0.15) is 0 Å². The van der Waals surface area contributed by atoms with Gasteiger partial charge < -0.3 is 0 Å². The van der Waals surface area contributed by atoms with Crippen LogP contribution in [-0.2, 0) is 9.59 Å². The normalized spacial score (nSPS) is 13.8. The number of rotatable bonds is 9. The lowest BCUT2D eigenvalue weighted by molar-refractivity contribution is 0.340. The van der Waals surface area contributed by atoms with Crippen molar-refractivity contribution in [1.82, 2.24) is 0 Å². The van der Waals surface area contributed by atoms with E-state index < -0.39 is 0 Å². The maximum atomic E-state index is 10.2. The van der Waals surface area contributed by atoms with Crippen LogP contribution in [0.25, 0.3) is 0 Å². The highest BCUT2D eigenvalue weighted by Crippen LogP contribution is 2.30. The lowest BCUT2D eigenvalue weighted by Crippen LogP contribution is -2.21. The van der Waals surface area contributed by atoms with Gasteiger partial charge in [-0.2, -0.15) is 0 Å². The van der Waals surface area contributed by atoms with Gasteiger partial charge in [0, 0.05) is 5.41 Å². The van der Waals surface area contributed by atoms with E-state index in [-0.39, 0.29) is 5.41 Å². The first-order chi connectivity index (χ1) is 8.24. The SMILES string of the molecule is CC/C=C/C(CC)(CCCN=C=O)CN=C=O. The second-order valence-electron chi connectivity index (χ2n) is 4.01. The molecule has 4 nitrogen and oxygen atoms in total. The van der Waals surface area contributed by atoms with Crippen molar-refractivity contribution in [2.75, 3.05) is 13.1 Å². The van der Waals surface area contributed by atoms with E-state index in [9.17, 15) is 9.59 Å². The Labute approximate surface area is 103 Å². The summed E-state index contributed by atoms with van der Waals surface area (Å²) in [5.41, 5.74) is -0.105. The fourth-order valence-corrected chi connectivity index (χ4v) is 1.73. The van der Waals surface area contributed by atoms with Crippen molar-refractivity contribution in [3.05, 3.63) is 12.2 Å². The van der Waals surface area contributed by atoms with Crippen LogP contribution in [0.1, 0.15) is 39.5 Å². The Morgan fingerprint density at radius 1 is 1.18 bits per heavy atom. The lowest BCUT2D eigenvalue weighted by atomic mass is 9.80. The van der Waals surface area contributed by atoms with E-state index in [2.05, 4.69) is 36.0 Å². The molecule has 94 valence electrons. The highest BCUT2D eigenvalue weighted by atomic mass is 16.1. The van der Waals surface area contributed by atoms with Crippen molar-refractivity contribution in [3.63, 3.8) is 0 Å². The van der Waals surface area contributed by atoms with Gasteiger partial charge in [0.2, 0.25) is 12.2 Å². The molecule has 0 rings (SSSR count). The van der Waals surface area contributed by atoms with Crippen LogP contribution in [0.5, 0.6) is 0 Å². The number of hydrogen-bond acceptors (Lipinski definition) is 4. The van der Waals surface area contributed by atoms with Crippen molar-refractivity contribution >= 4 is 12.2 Å². The number of nitrogens with zero attached hydrogens (tertiary/aromatic N) is 2. The van der Waals surface area contributed by atoms with Crippen molar-refractivity contribution < 1.29 is 9.59 Å². The molecule has 0 saturated heterocycles. The zero-order valence-corrected chi connectivity index (χ0v) is 10.6.